The smallest absolute Gasteiger partial charge is 0.135 e. The molecule has 6 heteroatoms. The molecule has 12 rings (SSSR count). The van der Waals surface area contributed by atoms with Crippen LogP contribution in [0.4, 0.5) is 0 Å². The maximum Gasteiger partial charge on any atom is 0.135 e. The molecule has 0 unspecified atom stereocenters. The second kappa shape index (κ2) is 17.5. The zero-order valence-electron chi connectivity index (χ0n) is 37.5. The summed E-state index contributed by atoms with van der Waals surface area (Å²) < 4.78 is 31.4. The van der Waals surface area contributed by atoms with Gasteiger partial charge in [0.15, 0.2) is 0 Å². The Hall–Kier alpha value is -7.21. The van der Waals surface area contributed by atoms with Gasteiger partial charge in [0.2, 0.25) is 0 Å². The first kappa shape index (κ1) is 37.4. The Morgan fingerprint density at radius 2 is 1.30 bits per heavy atom. The van der Waals surface area contributed by atoms with Crippen LogP contribution in [0, 0.1) is 25.2 Å². The number of furan rings is 1. The number of hydrogen-bond acceptors (Lipinski definition) is 4. The maximum absolute atomic E-state index is 7.23. The van der Waals surface area contributed by atoms with E-state index in [1.807, 2.05) is 18.2 Å². The molecular formula is C58H39IrN3OS-2. The van der Waals surface area contributed by atoms with Gasteiger partial charge in [-0.3, -0.25) is 16.3 Å². The molecule has 0 aliphatic rings. The predicted molar refractivity (Wildman–Crippen MR) is 262 cm³/mol. The third-order valence-electron chi connectivity index (χ3n) is 11.4. The second-order valence-corrected chi connectivity index (χ2v) is 16.4. The van der Waals surface area contributed by atoms with Crippen molar-refractivity contribution in [2.75, 3.05) is 0 Å². The maximum atomic E-state index is 7.23. The van der Waals surface area contributed by atoms with Gasteiger partial charge in [0.1, 0.15) is 11.2 Å². The van der Waals surface area contributed by atoms with E-state index in [4.69, 9.17) is 13.5 Å². The van der Waals surface area contributed by atoms with Crippen LogP contribution in [0.1, 0.15) is 15.2 Å². The van der Waals surface area contributed by atoms with Crippen LogP contribution in [0.25, 0.3) is 105 Å². The quantitative estimate of drug-likeness (QED) is 0.156. The molecule has 0 bridgehead atoms. The van der Waals surface area contributed by atoms with Crippen LogP contribution in [0.5, 0.6) is 0 Å². The molecule has 0 saturated carbocycles. The van der Waals surface area contributed by atoms with Crippen molar-refractivity contribution >= 4 is 54.4 Å². The predicted octanol–water partition coefficient (Wildman–Crippen LogP) is 15.8. The molecule has 12 aromatic rings. The van der Waals surface area contributed by atoms with E-state index < -0.39 is 6.85 Å². The fourth-order valence-electron chi connectivity index (χ4n) is 8.40. The molecule has 8 aromatic carbocycles. The standard InChI is InChI=1S/C46H29N2OS.C12H10N.Ir/c1-29-19-22-36-37-26-32(20-23-42(37)49-43(36)25-29)33-21-24-44-38(27-33)39(28-50-44)46-47-40-17-8-9-18-41(40)48(46)45-34(30-11-4-2-5-12-30)15-10-16-35(45)31-13-6-3-7-14-31;1-10-7-8-12(13-9-10)11-5-3-2-4-6-11;/h2-27H,1H3;2-5,7-9H,1H3;/q2*-1;/i;1D3;. The first-order valence-corrected chi connectivity index (χ1v) is 21.6. The van der Waals surface area contributed by atoms with Gasteiger partial charge in [0.25, 0.3) is 0 Å². The summed E-state index contributed by atoms with van der Waals surface area (Å²) in [5.74, 6) is 0.877. The molecule has 0 amide bonds. The third-order valence-corrected chi connectivity index (χ3v) is 12.3. The number of fused-ring (bicyclic) bond motifs is 5. The number of para-hydroxylation sites is 3. The van der Waals surface area contributed by atoms with Gasteiger partial charge in [-0.1, -0.05) is 155 Å². The second-order valence-electron chi connectivity index (χ2n) is 15.5. The summed E-state index contributed by atoms with van der Waals surface area (Å²) in [5.41, 5.74) is 15.9. The van der Waals surface area contributed by atoms with Crippen molar-refractivity contribution < 1.29 is 28.6 Å². The molecule has 64 heavy (non-hydrogen) atoms. The van der Waals surface area contributed by atoms with Crippen LogP contribution in [0.3, 0.4) is 0 Å². The molecule has 1 radical (unpaired) electrons. The van der Waals surface area contributed by atoms with Gasteiger partial charge in [-0.15, -0.1) is 41.3 Å². The van der Waals surface area contributed by atoms with E-state index in [0.717, 1.165) is 100 Å². The van der Waals surface area contributed by atoms with Gasteiger partial charge in [0, 0.05) is 52.3 Å². The molecule has 0 fully saturated rings. The van der Waals surface area contributed by atoms with Crippen molar-refractivity contribution in [3.63, 3.8) is 0 Å². The minimum absolute atomic E-state index is 0. The van der Waals surface area contributed by atoms with Gasteiger partial charge in [0.05, 0.1) is 22.5 Å². The summed E-state index contributed by atoms with van der Waals surface area (Å²) in [6, 6.07) is 69.8. The summed E-state index contributed by atoms with van der Waals surface area (Å²) in [7, 11) is 0. The van der Waals surface area contributed by atoms with Gasteiger partial charge in [-0.05, 0) is 83.2 Å². The van der Waals surface area contributed by atoms with E-state index in [1.165, 1.54) is 16.5 Å². The van der Waals surface area contributed by atoms with Crippen molar-refractivity contribution in [1.29, 1.82) is 0 Å². The van der Waals surface area contributed by atoms with Crippen LogP contribution in [0.2, 0.25) is 0 Å². The Balaban J connectivity index is 0.000000263. The fraction of sp³-hybridized carbons (Fsp3) is 0.0345. The minimum atomic E-state index is -2.09. The van der Waals surface area contributed by atoms with Gasteiger partial charge < -0.3 is 14.0 Å². The van der Waals surface area contributed by atoms with Crippen molar-refractivity contribution in [3.05, 3.63) is 223 Å². The first-order chi connectivity index (χ1) is 32.3. The third kappa shape index (κ3) is 7.67. The molecule has 0 N–H and O–H groups in total. The Kier molecular flexibility index (Phi) is 10.2. The average molecular weight is 1020 g/mol. The van der Waals surface area contributed by atoms with Crippen molar-refractivity contribution in [1.82, 2.24) is 14.5 Å². The molecule has 0 saturated heterocycles. The first-order valence-electron chi connectivity index (χ1n) is 22.3. The molecule has 0 aliphatic carbocycles. The number of nitrogens with zero attached hydrogens (tertiary/aromatic N) is 3. The summed E-state index contributed by atoms with van der Waals surface area (Å²) in [6.45, 7) is 0.00564. The number of imidazole rings is 1. The van der Waals surface area contributed by atoms with E-state index >= 15 is 0 Å². The van der Waals surface area contributed by atoms with E-state index in [9.17, 15) is 0 Å². The zero-order chi connectivity index (χ0) is 44.8. The van der Waals surface area contributed by atoms with E-state index in [-0.39, 0.29) is 25.7 Å². The van der Waals surface area contributed by atoms with Gasteiger partial charge in [-0.25, -0.2) is 0 Å². The van der Waals surface area contributed by atoms with Crippen molar-refractivity contribution in [2.24, 2.45) is 0 Å². The normalized spacial score (nSPS) is 12.0. The van der Waals surface area contributed by atoms with Gasteiger partial charge >= 0.3 is 0 Å². The number of hydrogen-bond donors (Lipinski definition) is 0. The number of aromatic nitrogens is 3. The Morgan fingerprint density at radius 3 is 2.02 bits per heavy atom. The van der Waals surface area contributed by atoms with E-state index in [0.29, 0.717) is 0 Å². The summed E-state index contributed by atoms with van der Waals surface area (Å²) in [4.78, 5) is 9.48. The van der Waals surface area contributed by atoms with Gasteiger partial charge in [-0.2, -0.15) is 0 Å². The molecule has 0 spiro atoms. The van der Waals surface area contributed by atoms with E-state index in [1.54, 1.807) is 29.5 Å². The number of pyridine rings is 1. The van der Waals surface area contributed by atoms with E-state index in [2.05, 4.69) is 186 Å². The minimum Gasteiger partial charge on any atom is -0.456 e. The largest absolute Gasteiger partial charge is 0.456 e. The topological polar surface area (TPSA) is 43.9 Å². The van der Waals surface area contributed by atoms with Crippen LogP contribution < -0.4 is 0 Å². The monoisotopic (exact) mass is 1020 g/mol. The van der Waals surface area contributed by atoms with Crippen LogP contribution in [-0.2, 0) is 20.1 Å². The number of thiophene rings is 1. The fourth-order valence-corrected chi connectivity index (χ4v) is 9.22. The average Bonchev–Trinajstić information content (AvgIpc) is 4.07. The molecule has 309 valence electrons. The number of rotatable bonds is 6. The molecule has 4 aromatic heterocycles. The van der Waals surface area contributed by atoms with Crippen molar-refractivity contribution in [2.45, 2.75) is 13.8 Å². The molecular weight excluding hydrogens is 979 g/mol. The zero-order valence-corrected chi connectivity index (χ0v) is 37.8. The SMILES string of the molecule is Cc1ccc2c(c1)oc1ccc(-c3ccc4s[c-]c(-c5nc6ccccc6n5-c5c(-c6ccccc6)cccc5-c5ccccc5)c4c3)cc12.[2H]C([2H])([2H])c1ccc(-c2[c-]cccc2)nc1.[Ir]. The Morgan fingerprint density at radius 1 is 0.594 bits per heavy atom. The number of aryl methyl sites for hydroxylation is 2. The molecule has 0 aliphatic heterocycles. The Labute approximate surface area is 393 Å². The molecule has 4 heterocycles. The van der Waals surface area contributed by atoms with Crippen molar-refractivity contribution in [3.8, 4) is 61.7 Å². The van der Waals surface area contributed by atoms with Crippen LogP contribution >= 0.6 is 11.3 Å². The molecule has 4 nitrogen and oxygen atoms in total. The summed E-state index contributed by atoms with van der Waals surface area (Å²) in [5, 5.41) is 7.10. The van der Waals surface area contributed by atoms with Crippen LogP contribution in [-0.4, -0.2) is 14.5 Å². The number of benzene rings is 8. The summed E-state index contributed by atoms with van der Waals surface area (Å²) >= 11 is 1.64. The van der Waals surface area contributed by atoms with Crippen LogP contribution in [0.15, 0.2) is 205 Å². The molecule has 0 atom stereocenters. The Bertz CT molecular complexity index is 3640. The summed E-state index contributed by atoms with van der Waals surface area (Å²) in [6.07, 6.45) is 1.39.